The minimum Gasteiger partial charge on any atom is -0.347 e. The summed E-state index contributed by atoms with van der Waals surface area (Å²) in [6.45, 7) is 1.97. The number of amides is 1. The van der Waals surface area contributed by atoms with Crippen molar-refractivity contribution in [3.63, 3.8) is 0 Å². The fourth-order valence-electron chi connectivity index (χ4n) is 3.74. The molecule has 2 aromatic carbocycles. The van der Waals surface area contributed by atoms with E-state index in [9.17, 15) is 26.4 Å². The molecule has 2 aromatic rings. The van der Waals surface area contributed by atoms with Crippen LogP contribution >= 0.6 is 11.6 Å². The molecule has 0 aromatic heterocycles. The van der Waals surface area contributed by atoms with E-state index in [2.05, 4.69) is 5.32 Å². The molecule has 0 radical (unpaired) electrons. The monoisotopic (exact) mass is 474 g/mol. The molecule has 1 fully saturated rings. The molecule has 0 saturated carbocycles. The molecule has 3 rings (SSSR count). The molecule has 31 heavy (non-hydrogen) atoms. The van der Waals surface area contributed by atoms with Crippen LogP contribution in [0.1, 0.15) is 40.7 Å². The van der Waals surface area contributed by atoms with Gasteiger partial charge in [0.05, 0.1) is 27.9 Å². The maximum absolute atomic E-state index is 13.1. The van der Waals surface area contributed by atoms with Gasteiger partial charge in [0.2, 0.25) is 10.0 Å². The van der Waals surface area contributed by atoms with Crippen LogP contribution in [-0.4, -0.2) is 43.5 Å². The molecule has 0 unspecified atom stereocenters. The quantitative estimate of drug-likeness (QED) is 0.679. The van der Waals surface area contributed by atoms with Gasteiger partial charge in [-0.15, -0.1) is 0 Å². The molecule has 2 atom stereocenters. The van der Waals surface area contributed by atoms with E-state index >= 15 is 0 Å². The topological polar surface area (TPSA) is 66.5 Å². The molecule has 168 valence electrons. The highest BCUT2D eigenvalue weighted by Crippen LogP contribution is 2.36. The molecular formula is C21H22ClF3N2O3S. The van der Waals surface area contributed by atoms with Gasteiger partial charge in [-0.3, -0.25) is 4.79 Å². The van der Waals surface area contributed by atoms with Crippen LogP contribution in [-0.2, 0) is 16.2 Å². The molecule has 1 saturated heterocycles. The highest BCUT2D eigenvalue weighted by Gasteiger charge is 2.40. The third-order valence-electron chi connectivity index (χ3n) is 5.23. The maximum atomic E-state index is 13.1. The molecule has 0 spiro atoms. The van der Waals surface area contributed by atoms with E-state index < -0.39 is 38.7 Å². The number of sulfonamides is 1. The summed E-state index contributed by atoms with van der Waals surface area (Å²) < 4.78 is 65.9. The third-order valence-corrected chi connectivity index (χ3v) is 7.65. The summed E-state index contributed by atoms with van der Waals surface area (Å²) in [5, 5.41) is 2.03. The summed E-state index contributed by atoms with van der Waals surface area (Å²) in [6.07, 6.45) is -4.25. The van der Waals surface area contributed by atoms with Gasteiger partial charge in [-0.1, -0.05) is 54.9 Å². The highest BCUT2D eigenvalue weighted by atomic mass is 35.5. The standard InChI is InChI=1S/C21H22ClF3N2O3S/c1-2-11-31(29,30)27-12-16(14-7-4-3-5-8-14)18(13-27)26-20(28)15-9-6-10-17(19(15)22)21(23,24)25/h3-10,16,18H,2,11-13H2,1H3,(H,26,28)/t16-,18+/m1/s1. The van der Waals surface area contributed by atoms with Crippen molar-refractivity contribution in [1.29, 1.82) is 0 Å². The Morgan fingerprint density at radius 1 is 1.13 bits per heavy atom. The van der Waals surface area contributed by atoms with Crippen LogP contribution in [0.25, 0.3) is 0 Å². The number of carbonyl (C=O) groups is 1. The van der Waals surface area contributed by atoms with Crippen molar-refractivity contribution in [2.24, 2.45) is 0 Å². The Balaban J connectivity index is 1.90. The first kappa shape index (κ1) is 23.6. The summed E-state index contributed by atoms with van der Waals surface area (Å²) in [7, 11) is -3.51. The van der Waals surface area contributed by atoms with Crippen molar-refractivity contribution < 1.29 is 26.4 Å². The van der Waals surface area contributed by atoms with Crippen molar-refractivity contribution >= 4 is 27.5 Å². The lowest BCUT2D eigenvalue weighted by molar-refractivity contribution is -0.137. The van der Waals surface area contributed by atoms with Crippen LogP contribution in [0.15, 0.2) is 48.5 Å². The van der Waals surface area contributed by atoms with Crippen LogP contribution in [0.5, 0.6) is 0 Å². The number of nitrogens with zero attached hydrogens (tertiary/aromatic N) is 1. The summed E-state index contributed by atoms with van der Waals surface area (Å²) in [5.41, 5.74) is -0.574. The van der Waals surface area contributed by atoms with Crippen LogP contribution in [0, 0.1) is 0 Å². The molecular weight excluding hydrogens is 453 g/mol. The van der Waals surface area contributed by atoms with Crippen molar-refractivity contribution in [2.75, 3.05) is 18.8 Å². The van der Waals surface area contributed by atoms with Gasteiger partial charge in [0.25, 0.3) is 5.91 Å². The van der Waals surface area contributed by atoms with E-state index in [0.29, 0.717) is 6.42 Å². The van der Waals surface area contributed by atoms with Crippen LogP contribution in [0.4, 0.5) is 13.2 Å². The first-order chi connectivity index (χ1) is 14.5. The number of nitrogens with one attached hydrogen (secondary N) is 1. The lowest BCUT2D eigenvalue weighted by Gasteiger charge is -2.21. The molecule has 0 bridgehead atoms. The molecule has 5 nitrogen and oxygen atoms in total. The fourth-order valence-corrected chi connectivity index (χ4v) is 5.61. The molecule has 1 N–H and O–H groups in total. The van der Waals surface area contributed by atoms with Crippen LogP contribution in [0.3, 0.4) is 0 Å². The van der Waals surface area contributed by atoms with Gasteiger partial charge in [-0.2, -0.15) is 17.5 Å². The van der Waals surface area contributed by atoms with E-state index in [-0.39, 0.29) is 30.3 Å². The normalized spacial score (nSPS) is 20.0. The lowest BCUT2D eigenvalue weighted by atomic mass is 9.94. The van der Waals surface area contributed by atoms with Gasteiger partial charge in [-0.05, 0) is 24.1 Å². The van der Waals surface area contributed by atoms with Crippen LogP contribution < -0.4 is 5.32 Å². The maximum Gasteiger partial charge on any atom is 0.417 e. The summed E-state index contributed by atoms with van der Waals surface area (Å²) >= 11 is 5.88. The van der Waals surface area contributed by atoms with E-state index in [1.54, 1.807) is 19.1 Å². The Morgan fingerprint density at radius 2 is 1.81 bits per heavy atom. The molecule has 10 heteroatoms. The number of hydrogen-bond donors (Lipinski definition) is 1. The fraction of sp³-hybridized carbons (Fsp3) is 0.381. The molecule has 1 aliphatic rings. The van der Waals surface area contributed by atoms with Gasteiger partial charge in [-0.25, -0.2) is 8.42 Å². The average molecular weight is 475 g/mol. The third kappa shape index (κ3) is 5.22. The van der Waals surface area contributed by atoms with Crippen molar-refractivity contribution in [3.05, 3.63) is 70.2 Å². The van der Waals surface area contributed by atoms with Crippen molar-refractivity contribution in [3.8, 4) is 0 Å². The molecule has 1 aliphatic heterocycles. The molecule has 1 amide bonds. The second kappa shape index (κ2) is 9.18. The predicted molar refractivity (Wildman–Crippen MR) is 113 cm³/mol. The van der Waals surface area contributed by atoms with Gasteiger partial charge in [0.15, 0.2) is 0 Å². The van der Waals surface area contributed by atoms with E-state index in [1.807, 2.05) is 18.2 Å². The number of alkyl halides is 3. The van der Waals surface area contributed by atoms with Gasteiger partial charge in [0.1, 0.15) is 0 Å². The molecule has 1 heterocycles. The highest BCUT2D eigenvalue weighted by molar-refractivity contribution is 7.89. The van der Waals surface area contributed by atoms with Crippen molar-refractivity contribution in [1.82, 2.24) is 9.62 Å². The lowest BCUT2D eigenvalue weighted by Crippen LogP contribution is -2.41. The first-order valence-corrected chi connectivity index (χ1v) is 11.7. The Labute approximate surface area is 184 Å². The largest absolute Gasteiger partial charge is 0.417 e. The number of rotatable bonds is 6. The zero-order chi connectivity index (χ0) is 22.8. The van der Waals surface area contributed by atoms with Gasteiger partial charge in [0, 0.05) is 19.0 Å². The average Bonchev–Trinajstić information content (AvgIpc) is 3.12. The summed E-state index contributed by atoms with van der Waals surface area (Å²) in [6, 6.07) is 11.6. The van der Waals surface area contributed by atoms with Gasteiger partial charge >= 0.3 is 6.18 Å². The summed E-state index contributed by atoms with van der Waals surface area (Å²) in [5.74, 6) is -1.15. The second-order valence-corrected chi connectivity index (χ2v) is 9.86. The zero-order valence-electron chi connectivity index (χ0n) is 16.7. The predicted octanol–water partition coefficient (Wildman–Crippen LogP) is 4.30. The Morgan fingerprint density at radius 3 is 2.42 bits per heavy atom. The van der Waals surface area contributed by atoms with Crippen LogP contribution in [0.2, 0.25) is 5.02 Å². The first-order valence-electron chi connectivity index (χ1n) is 9.74. The molecule has 0 aliphatic carbocycles. The van der Waals surface area contributed by atoms with Crippen molar-refractivity contribution in [2.45, 2.75) is 31.5 Å². The second-order valence-electron chi connectivity index (χ2n) is 7.39. The van der Waals surface area contributed by atoms with E-state index in [0.717, 1.165) is 17.7 Å². The van der Waals surface area contributed by atoms with E-state index in [4.69, 9.17) is 11.6 Å². The minimum absolute atomic E-state index is 0.0192. The number of carbonyl (C=O) groups excluding carboxylic acids is 1. The minimum atomic E-state index is -4.70. The number of benzene rings is 2. The summed E-state index contributed by atoms with van der Waals surface area (Å²) in [4.78, 5) is 12.8. The SMILES string of the molecule is CCCS(=O)(=O)N1C[C@H](NC(=O)c2cccc(C(F)(F)F)c2Cl)[C@@H](c2ccccc2)C1. The van der Waals surface area contributed by atoms with E-state index in [1.165, 1.54) is 10.4 Å². The smallest absolute Gasteiger partial charge is 0.347 e. The Hall–Kier alpha value is -2.10. The Bertz CT molecular complexity index is 1050. The van der Waals surface area contributed by atoms with Gasteiger partial charge < -0.3 is 5.32 Å². The number of halogens is 4. The Kier molecular flexibility index (Phi) is 6.98. The number of hydrogen-bond acceptors (Lipinski definition) is 3. The zero-order valence-corrected chi connectivity index (χ0v) is 18.3.